The average Bonchev–Trinajstić information content (AvgIpc) is 2.73. The van der Waals surface area contributed by atoms with Gasteiger partial charge in [0.15, 0.2) is 11.6 Å². The number of fused-ring (bicyclic) bond motifs is 2. The number of ether oxygens (including phenoxy) is 1. The first-order valence-electron chi connectivity index (χ1n) is 11.3. The number of halogens is 2. The molecule has 0 bridgehead atoms. The topological polar surface area (TPSA) is 9.23 Å². The number of rotatable bonds is 6. The highest BCUT2D eigenvalue weighted by Crippen LogP contribution is 2.49. The Kier molecular flexibility index (Phi) is 6.22. The van der Waals surface area contributed by atoms with Gasteiger partial charge in [0.2, 0.25) is 0 Å². The van der Waals surface area contributed by atoms with E-state index in [0.717, 1.165) is 36.2 Å². The summed E-state index contributed by atoms with van der Waals surface area (Å²) in [5.41, 5.74) is 0.769. The van der Waals surface area contributed by atoms with Crippen LogP contribution in [0.15, 0.2) is 36.9 Å². The van der Waals surface area contributed by atoms with Gasteiger partial charge in [-0.15, -0.1) is 0 Å². The smallest absolute Gasteiger partial charge is 0.165 e. The van der Waals surface area contributed by atoms with Crippen LogP contribution in [0.1, 0.15) is 69.8 Å². The van der Waals surface area contributed by atoms with Crippen molar-refractivity contribution in [1.82, 2.24) is 0 Å². The highest BCUT2D eigenvalue weighted by molar-refractivity contribution is 5.85. The van der Waals surface area contributed by atoms with Crippen molar-refractivity contribution in [3.05, 3.63) is 54.1 Å². The Morgan fingerprint density at radius 1 is 1.07 bits per heavy atom. The molecule has 0 aliphatic heterocycles. The first-order chi connectivity index (χ1) is 14.1. The zero-order valence-electron chi connectivity index (χ0n) is 17.4. The van der Waals surface area contributed by atoms with Crippen molar-refractivity contribution in [3.63, 3.8) is 0 Å². The summed E-state index contributed by atoms with van der Waals surface area (Å²) in [5, 5.41) is 1.04. The van der Waals surface area contributed by atoms with E-state index in [1.165, 1.54) is 44.6 Å². The third kappa shape index (κ3) is 4.20. The van der Waals surface area contributed by atoms with E-state index in [9.17, 15) is 4.39 Å². The van der Waals surface area contributed by atoms with E-state index >= 15 is 4.39 Å². The molecule has 1 nitrogen and oxygen atoms in total. The van der Waals surface area contributed by atoms with E-state index in [1.807, 2.05) is 12.1 Å². The predicted octanol–water partition coefficient (Wildman–Crippen LogP) is 7.78. The van der Waals surface area contributed by atoms with Crippen LogP contribution < -0.4 is 4.74 Å². The summed E-state index contributed by atoms with van der Waals surface area (Å²) in [6.07, 6.45) is 11.5. The lowest BCUT2D eigenvalue weighted by Gasteiger charge is -2.42. The average molecular weight is 399 g/mol. The Bertz CT molecular complexity index is 875. The van der Waals surface area contributed by atoms with Crippen molar-refractivity contribution in [2.75, 3.05) is 6.61 Å². The standard InChI is InChI=1S/C26H32F2O/c1-3-5-17-6-7-19-14-20(9-8-18(19)13-17)22-11-10-21-15-25(29-12-4-2)24(27)16-23(21)26(22)28/h4,10-11,15-20H,2-3,5-9,12-14H2,1H3/t17?,18-,19?,20-/m1/s1. The summed E-state index contributed by atoms with van der Waals surface area (Å²) in [4.78, 5) is 0. The summed E-state index contributed by atoms with van der Waals surface area (Å²) in [7, 11) is 0. The summed E-state index contributed by atoms with van der Waals surface area (Å²) in [6.45, 7) is 6.09. The molecule has 0 heterocycles. The quantitative estimate of drug-likeness (QED) is 0.451. The van der Waals surface area contributed by atoms with Crippen LogP contribution in [0, 0.1) is 29.4 Å². The molecule has 0 saturated heterocycles. The number of hydrogen-bond acceptors (Lipinski definition) is 1. The van der Waals surface area contributed by atoms with Crippen molar-refractivity contribution < 1.29 is 13.5 Å². The van der Waals surface area contributed by atoms with Crippen LogP contribution in [0.2, 0.25) is 0 Å². The molecule has 0 spiro atoms. The summed E-state index contributed by atoms with van der Waals surface area (Å²) < 4.78 is 35.1. The highest BCUT2D eigenvalue weighted by Gasteiger charge is 2.36. The van der Waals surface area contributed by atoms with Crippen LogP contribution in [-0.2, 0) is 0 Å². The second kappa shape index (κ2) is 8.85. The van der Waals surface area contributed by atoms with Crippen molar-refractivity contribution in [3.8, 4) is 5.75 Å². The molecular weight excluding hydrogens is 366 g/mol. The van der Waals surface area contributed by atoms with Crippen LogP contribution >= 0.6 is 0 Å². The molecule has 2 fully saturated rings. The van der Waals surface area contributed by atoms with Gasteiger partial charge < -0.3 is 4.74 Å². The van der Waals surface area contributed by atoms with Gasteiger partial charge in [0.1, 0.15) is 12.4 Å². The van der Waals surface area contributed by atoms with Gasteiger partial charge in [-0.2, -0.15) is 0 Å². The molecule has 0 amide bonds. The zero-order valence-corrected chi connectivity index (χ0v) is 17.4. The maximum absolute atomic E-state index is 15.4. The van der Waals surface area contributed by atoms with Crippen molar-refractivity contribution in [2.24, 2.45) is 17.8 Å². The number of hydrogen-bond donors (Lipinski definition) is 0. The Morgan fingerprint density at radius 3 is 2.66 bits per heavy atom. The van der Waals surface area contributed by atoms with Gasteiger partial charge in [0, 0.05) is 5.39 Å². The first kappa shape index (κ1) is 20.4. The molecule has 3 heteroatoms. The molecule has 2 aliphatic rings. The Labute approximate surface area is 173 Å². The molecule has 29 heavy (non-hydrogen) atoms. The van der Waals surface area contributed by atoms with E-state index in [1.54, 1.807) is 12.1 Å². The molecule has 2 aromatic rings. The van der Waals surface area contributed by atoms with E-state index in [2.05, 4.69) is 13.5 Å². The van der Waals surface area contributed by atoms with E-state index < -0.39 is 5.82 Å². The Hall–Kier alpha value is -1.90. The Morgan fingerprint density at radius 2 is 1.86 bits per heavy atom. The second-order valence-corrected chi connectivity index (χ2v) is 9.07. The van der Waals surface area contributed by atoms with Crippen molar-refractivity contribution in [2.45, 2.75) is 64.2 Å². The SMILES string of the molecule is C=CCOc1cc2ccc([C@@H]3CC[C@@H]4CC(CCC)CCC4C3)c(F)c2cc1F. The van der Waals surface area contributed by atoms with E-state index in [-0.39, 0.29) is 24.1 Å². The second-order valence-electron chi connectivity index (χ2n) is 9.07. The van der Waals surface area contributed by atoms with Crippen LogP contribution in [0.25, 0.3) is 10.8 Å². The minimum Gasteiger partial charge on any atom is -0.486 e. The van der Waals surface area contributed by atoms with Gasteiger partial charge in [0.05, 0.1) is 0 Å². The largest absolute Gasteiger partial charge is 0.486 e. The van der Waals surface area contributed by atoms with E-state index in [0.29, 0.717) is 10.8 Å². The van der Waals surface area contributed by atoms with Gasteiger partial charge in [0.25, 0.3) is 0 Å². The lowest BCUT2D eigenvalue weighted by molar-refractivity contribution is 0.113. The van der Waals surface area contributed by atoms with Crippen molar-refractivity contribution in [1.29, 1.82) is 0 Å². The lowest BCUT2D eigenvalue weighted by Crippen LogP contribution is -2.30. The molecule has 2 unspecified atom stereocenters. The minimum atomic E-state index is -0.520. The maximum atomic E-state index is 15.4. The van der Waals surface area contributed by atoms with Gasteiger partial charge in [-0.1, -0.05) is 51.0 Å². The molecule has 0 radical (unpaired) electrons. The Balaban J connectivity index is 1.54. The zero-order chi connectivity index (χ0) is 20.4. The summed E-state index contributed by atoms with van der Waals surface area (Å²) in [5.74, 6) is 2.08. The fourth-order valence-electron chi connectivity index (χ4n) is 5.82. The first-order valence-corrected chi connectivity index (χ1v) is 11.3. The van der Waals surface area contributed by atoms with Crippen LogP contribution in [-0.4, -0.2) is 6.61 Å². The fraction of sp³-hybridized carbons (Fsp3) is 0.538. The molecule has 0 N–H and O–H groups in total. The molecule has 4 rings (SSSR count). The lowest BCUT2D eigenvalue weighted by atomic mass is 9.63. The fourth-order valence-corrected chi connectivity index (χ4v) is 5.82. The normalized spacial score (nSPS) is 26.9. The van der Waals surface area contributed by atoms with Crippen molar-refractivity contribution >= 4 is 10.8 Å². The molecule has 0 aromatic heterocycles. The van der Waals surface area contributed by atoms with Gasteiger partial charge >= 0.3 is 0 Å². The molecule has 4 atom stereocenters. The molecular formula is C26H32F2O. The summed E-state index contributed by atoms with van der Waals surface area (Å²) in [6, 6.07) is 6.71. The third-order valence-electron chi connectivity index (χ3n) is 7.25. The molecule has 156 valence electrons. The van der Waals surface area contributed by atoms with Crippen LogP contribution in [0.3, 0.4) is 0 Å². The van der Waals surface area contributed by atoms with Crippen LogP contribution in [0.5, 0.6) is 5.75 Å². The van der Waals surface area contributed by atoms with Gasteiger partial charge in [-0.3, -0.25) is 0 Å². The predicted molar refractivity (Wildman–Crippen MR) is 115 cm³/mol. The molecule has 2 aliphatic carbocycles. The molecule has 2 aromatic carbocycles. The number of benzene rings is 2. The minimum absolute atomic E-state index is 0.147. The highest BCUT2D eigenvalue weighted by atomic mass is 19.1. The van der Waals surface area contributed by atoms with Gasteiger partial charge in [-0.05, 0) is 78.9 Å². The maximum Gasteiger partial charge on any atom is 0.165 e. The van der Waals surface area contributed by atoms with Gasteiger partial charge in [-0.25, -0.2) is 8.78 Å². The third-order valence-corrected chi connectivity index (χ3v) is 7.25. The monoisotopic (exact) mass is 398 g/mol. The molecule has 2 saturated carbocycles. The summed E-state index contributed by atoms with van der Waals surface area (Å²) >= 11 is 0. The van der Waals surface area contributed by atoms with Crippen LogP contribution in [0.4, 0.5) is 8.78 Å². The van der Waals surface area contributed by atoms with E-state index in [4.69, 9.17) is 4.74 Å².